The van der Waals surface area contributed by atoms with Crippen molar-refractivity contribution in [1.82, 2.24) is 10.6 Å². The largest absolute Gasteiger partial charge is 0.497 e. The smallest absolute Gasteiger partial charge is 0.235 e. The Hall–Kier alpha value is -2.82. The third kappa shape index (κ3) is 5.08. The van der Waals surface area contributed by atoms with Gasteiger partial charge >= 0.3 is 0 Å². The third-order valence-corrected chi connectivity index (χ3v) is 4.04. The summed E-state index contributed by atoms with van der Waals surface area (Å²) >= 11 is 0. The SMILES string of the molecule is COc1ccc(CNC(=O)C(C)(C)C(=O)NCc2ccccc2)cc1. The Labute approximate surface area is 148 Å². The minimum absolute atomic E-state index is 0.302. The van der Waals surface area contributed by atoms with E-state index >= 15 is 0 Å². The van der Waals surface area contributed by atoms with Gasteiger partial charge in [-0.15, -0.1) is 0 Å². The van der Waals surface area contributed by atoms with E-state index in [0.717, 1.165) is 16.9 Å². The van der Waals surface area contributed by atoms with Crippen LogP contribution < -0.4 is 15.4 Å². The van der Waals surface area contributed by atoms with Gasteiger partial charge < -0.3 is 15.4 Å². The standard InChI is InChI=1S/C20H24N2O3/c1-20(2,18(23)21-13-15-7-5-4-6-8-15)19(24)22-14-16-9-11-17(25-3)12-10-16/h4-12H,13-14H2,1-3H3,(H,21,23)(H,22,24). The Morgan fingerprint density at radius 1 is 0.840 bits per heavy atom. The van der Waals surface area contributed by atoms with Crippen LogP contribution in [0, 0.1) is 5.41 Å². The fourth-order valence-electron chi connectivity index (χ4n) is 2.25. The number of methoxy groups -OCH3 is 1. The van der Waals surface area contributed by atoms with E-state index in [1.54, 1.807) is 21.0 Å². The predicted octanol–water partition coefficient (Wildman–Crippen LogP) is 2.65. The predicted molar refractivity (Wildman–Crippen MR) is 96.9 cm³/mol. The monoisotopic (exact) mass is 340 g/mol. The number of carbonyl (C=O) groups excluding carboxylic acids is 2. The van der Waals surface area contributed by atoms with Crippen LogP contribution in [-0.4, -0.2) is 18.9 Å². The molecule has 0 saturated heterocycles. The molecule has 2 aromatic carbocycles. The lowest BCUT2D eigenvalue weighted by Gasteiger charge is -2.23. The Morgan fingerprint density at radius 3 is 1.80 bits per heavy atom. The van der Waals surface area contributed by atoms with Crippen molar-refractivity contribution < 1.29 is 14.3 Å². The van der Waals surface area contributed by atoms with Crippen LogP contribution in [-0.2, 0) is 22.7 Å². The van der Waals surface area contributed by atoms with Crippen LogP contribution in [0.2, 0.25) is 0 Å². The second kappa shape index (κ2) is 8.33. The van der Waals surface area contributed by atoms with Crippen molar-refractivity contribution in [2.45, 2.75) is 26.9 Å². The van der Waals surface area contributed by atoms with Gasteiger partial charge in [-0.1, -0.05) is 42.5 Å². The maximum Gasteiger partial charge on any atom is 0.235 e. The second-order valence-corrected chi connectivity index (χ2v) is 6.32. The fraction of sp³-hybridized carbons (Fsp3) is 0.300. The summed E-state index contributed by atoms with van der Waals surface area (Å²) in [6.07, 6.45) is 0. The molecule has 2 aromatic rings. The number of ether oxygens (including phenoxy) is 1. The van der Waals surface area contributed by atoms with E-state index in [2.05, 4.69) is 10.6 Å². The van der Waals surface area contributed by atoms with Crippen LogP contribution in [0.5, 0.6) is 5.75 Å². The van der Waals surface area contributed by atoms with Gasteiger partial charge in [0, 0.05) is 13.1 Å². The molecule has 5 heteroatoms. The first kappa shape index (κ1) is 18.5. The lowest BCUT2D eigenvalue weighted by Crippen LogP contribution is -2.47. The van der Waals surface area contributed by atoms with Gasteiger partial charge in [-0.25, -0.2) is 0 Å². The minimum atomic E-state index is -1.15. The average molecular weight is 340 g/mol. The number of benzene rings is 2. The highest BCUT2D eigenvalue weighted by atomic mass is 16.5. The number of rotatable bonds is 7. The van der Waals surface area contributed by atoms with Crippen molar-refractivity contribution in [2.24, 2.45) is 5.41 Å². The number of hydrogen-bond acceptors (Lipinski definition) is 3. The normalized spacial score (nSPS) is 10.8. The summed E-state index contributed by atoms with van der Waals surface area (Å²) in [5, 5.41) is 5.63. The molecule has 5 nitrogen and oxygen atoms in total. The molecule has 0 heterocycles. The molecule has 2 amide bonds. The van der Waals surface area contributed by atoms with Gasteiger partial charge in [0.15, 0.2) is 0 Å². The van der Waals surface area contributed by atoms with Crippen LogP contribution in [0.15, 0.2) is 54.6 Å². The molecule has 2 rings (SSSR count). The molecular weight excluding hydrogens is 316 g/mol. The molecule has 0 fully saturated rings. The highest BCUT2D eigenvalue weighted by Crippen LogP contribution is 2.17. The topological polar surface area (TPSA) is 67.4 Å². The number of nitrogens with one attached hydrogen (secondary N) is 2. The van der Waals surface area contributed by atoms with Gasteiger partial charge in [-0.2, -0.15) is 0 Å². The van der Waals surface area contributed by atoms with E-state index in [1.165, 1.54) is 0 Å². The zero-order valence-corrected chi connectivity index (χ0v) is 14.8. The number of carbonyl (C=O) groups is 2. The molecule has 0 spiro atoms. The van der Waals surface area contributed by atoms with Crippen LogP contribution in [0.25, 0.3) is 0 Å². The molecular formula is C20H24N2O3. The summed E-state index contributed by atoms with van der Waals surface area (Å²) < 4.78 is 5.10. The molecule has 0 radical (unpaired) electrons. The Balaban J connectivity index is 1.88. The fourth-order valence-corrected chi connectivity index (χ4v) is 2.25. The minimum Gasteiger partial charge on any atom is -0.497 e. The molecule has 2 N–H and O–H groups in total. The van der Waals surface area contributed by atoms with E-state index in [9.17, 15) is 9.59 Å². The highest BCUT2D eigenvalue weighted by Gasteiger charge is 2.35. The van der Waals surface area contributed by atoms with Gasteiger partial charge in [0.1, 0.15) is 11.2 Å². The van der Waals surface area contributed by atoms with Gasteiger partial charge in [0.25, 0.3) is 0 Å². The summed E-state index contributed by atoms with van der Waals surface area (Å²) in [7, 11) is 1.60. The zero-order valence-electron chi connectivity index (χ0n) is 14.8. The highest BCUT2D eigenvalue weighted by molar-refractivity contribution is 6.04. The Kier molecular flexibility index (Phi) is 6.17. The molecule has 0 bridgehead atoms. The first-order chi connectivity index (χ1) is 11.9. The maximum atomic E-state index is 12.4. The van der Waals surface area contributed by atoms with Gasteiger partial charge in [-0.05, 0) is 37.1 Å². The molecule has 0 unspecified atom stereocenters. The zero-order chi connectivity index (χ0) is 18.3. The van der Waals surface area contributed by atoms with Crippen molar-refractivity contribution >= 4 is 11.8 Å². The lowest BCUT2D eigenvalue weighted by molar-refractivity contribution is -0.141. The van der Waals surface area contributed by atoms with Crippen molar-refractivity contribution in [2.75, 3.05) is 7.11 Å². The van der Waals surface area contributed by atoms with E-state index < -0.39 is 5.41 Å². The summed E-state index contributed by atoms with van der Waals surface area (Å²) in [6, 6.07) is 17.0. The Bertz CT molecular complexity index is 709. The van der Waals surface area contributed by atoms with Crippen molar-refractivity contribution in [3.8, 4) is 5.75 Å². The van der Waals surface area contributed by atoms with Crippen LogP contribution >= 0.6 is 0 Å². The van der Waals surface area contributed by atoms with E-state index in [-0.39, 0.29) is 11.8 Å². The van der Waals surface area contributed by atoms with Crippen molar-refractivity contribution in [3.63, 3.8) is 0 Å². The number of amides is 2. The number of hydrogen-bond donors (Lipinski definition) is 2. The van der Waals surface area contributed by atoms with Crippen molar-refractivity contribution in [3.05, 3.63) is 65.7 Å². The summed E-state index contributed by atoms with van der Waals surface area (Å²) in [4.78, 5) is 24.8. The molecule has 0 atom stereocenters. The quantitative estimate of drug-likeness (QED) is 0.762. The molecule has 0 aliphatic carbocycles. The van der Waals surface area contributed by atoms with Crippen LogP contribution in [0.4, 0.5) is 0 Å². The molecule has 0 saturated carbocycles. The Morgan fingerprint density at radius 2 is 1.32 bits per heavy atom. The first-order valence-corrected chi connectivity index (χ1v) is 8.17. The lowest BCUT2D eigenvalue weighted by atomic mass is 9.91. The molecule has 132 valence electrons. The maximum absolute atomic E-state index is 12.4. The van der Waals surface area contributed by atoms with Gasteiger partial charge in [0.05, 0.1) is 7.11 Å². The average Bonchev–Trinajstić information content (AvgIpc) is 2.65. The molecule has 25 heavy (non-hydrogen) atoms. The summed E-state index contributed by atoms with van der Waals surface area (Å²) in [5.74, 6) is 0.146. The third-order valence-electron chi connectivity index (χ3n) is 4.04. The van der Waals surface area contributed by atoms with E-state index in [1.807, 2.05) is 54.6 Å². The molecule has 0 aliphatic heterocycles. The van der Waals surface area contributed by atoms with E-state index in [0.29, 0.717) is 13.1 Å². The van der Waals surface area contributed by atoms with Crippen LogP contribution in [0.1, 0.15) is 25.0 Å². The van der Waals surface area contributed by atoms with Gasteiger partial charge in [0.2, 0.25) is 11.8 Å². The summed E-state index contributed by atoms with van der Waals surface area (Å²) in [5.41, 5.74) is 0.779. The summed E-state index contributed by atoms with van der Waals surface area (Å²) in [6.45, 7) is 4.00. The second-order valence-electron chi connectivity index (χ2n) is 6.32. The van der Waals surface area contributed by atoms with Crippen LogP contribution in [0.3, 0.4) is 0 Å². The molecule has 0 aromatic heterocycles. The van der Waals surface area contributed by atoms with E-state index in [4.69, 9.17) is 4.74 Å². The van der Waals surface area contributed by atoms with Gasteiger partial charge in [-0.3, -0.25) is 9.59 Å². The molecule has 0 aliphatic rings. The van der Waals surface area contributed by atoms with Crippen molar-refractivity contribution in [1.29, 1.82) is 0 Å². The first-order valence-electron chi connectivity index (χ1n) is 8.17.